The first-order valence-corrected chi connectivity index (χ1v) is 11.9. The fourth-order valence-electron chi connectivity index (χ4n) is 3.75. The highest BCUT2D eigenvalue weighted by Gasteiger charge is 2.27. The molecule has 3 rings (SSSR count). The lowest BCUT2D eigenvalue weighted by Crippen LogP contribution is -2.28. The van der Waals surface area contributed by atoms with Crippen LogP contribution in [0.1, 0.15) is 61.8 Å². The van der Waals surface area contributed by atoms with E-state index in [2.05, 4.69) is 20.6 Å². The second-order valence-electron chi connectivity index (χ2n) is 9.94. The zero-order valence-corrected chi connectivity index (χ0v) is 21.7. The molecule has 1 aromatic carbocycles. The summed E-state index contributed by atoms with van der Waals surface area (Å²) in [5.41, 5.74) is 5.18. The van der Waals surface area contributed by atoms with Crippen LogP contribution in [0.3, 0.4) is 0 Å². The van der Waals surface area contributed by atoms with Crippen molar-refractivity contribution in [2.45, 2.75) is 52.7 Å². The maximum absolute atomic E-state index is 15.2. The van der Waals surface area contributed by atoms with E-state index in [1.165, 1.54) is 31.3 Å². The van der Waals surface area contributed by atoms with Gasteiger partial charge >= 0.3 is 5.97 Å². The van der Waals surface area contributed by atoms with Crippen molar-refractivity contribution in [2.24, 2.45) is 11.7 Å². The zero-order valence-electron chi connectivity index (χ0n) is 21.7. The summed E-state index contributed by atoms with van der Waals surface area (Å²) >= 11 is 0. The highest BCUT2D eigenvalue weighted by Crippen LogP contribution is 2.32. The van der Waals surface area contributed by atoms with Crippen molar-refractivity contribution < 1.29 is 27.5 Å². The van der Waals surface area contributed by atoms with Gasteiger partial charge in [-0.15, -0.1) is 0 Å². The van der Waals surface area contributed by atoms with E-state index in [0.717, 1.165) is 12.1 Å². The average molecular weight is 530 g/mol. The Labute approximate surface area is 218 Å². The van der Waals surface area contributed by atoms with Crippen LogP contribution >= 0.6 is 0 Å². The van der Waals surface area contributed by atoms with Gasteiger partial charge in [0.2, 0.25) is 0 Å². The minimum absolute atomic E-state index is 0.0636. The summed E-state index contributed by atoms with van der Waals surface area (Å²) in [4.78, 5) is 32.6. The second kappa shape index (κ2) is 11.5. The number of aromatic nitrogens is 2. The standard InChI is InChI=1S/C27H30F3N5O3/c1-14(9-22(36)38-27(3,4)5)23(16-7-6-8-17(28)10-16)34-26-21(30)12-19(24(31)37)25(35-26)33-18-11-20(29)15(2)32-13-18/h6-8,10-14,23H,9H2,1-5H3,(H2,31,37)(H2,33,34,35)/t14-,23+/m1/s1. The number of aryl methyl sites for hydroxylation is 1. The van der Waals surface area contributed by atoms with Crippen LogP contribution < -0.4 is 16.4 Å². The molecule has 8 nitrogen and oxygen atoms in total. The normalized spacial score (nSPS) is 12.9. The number of benzene rings is 1. The lowest BCUT2D eigenvalue weighted by Gasteiger charge is -2.28. The molecule has 0 radical (unpaired) electrons. The fraction of sp³-hybridized carbons (Fsp3) is 0.333. The Morgan fingerprint density at radius 2 is 1.79 bits per heavy atom. The van der Waals surface area contributed by atoms with Gasteiger partial charge in [-0.25, -0.2) is 18.2 Å². The van der Waals surface area contributed by atoms with E-state index in [1.54, 1.807) is 33.8 Å². The summed E-state index contributed by atoms with van der Waals surface area (Å²) in [6.45, 7) is 8.42. The summed E-state index contributed by atoms with van der Waals surface area (Å²) in [5, 5.41) is 5.67. The van der Waals surface area contributed by atoms with Crippen LogP contribution in [0, 0.1) is 30.3 Å². The first kappa shape index (κ1) is 28.4. The molecule has 202 valence electrons. The van der Waals surface area contributed by atoms with E-state index < -0.39 is 46.9 Å². The highest BCUT2D eigenvalue weighted by molar-refractivity contribution is 5.98. The number of rotatable bonds is 9. The number of nitrogens with zero attached hydrogens (tertiary/aromatic N) is 2. The SMILES string of the molecule is Cc1ncc(Nc2nc(N[C@H](c3cccc(F)c3)[C@H](C)CC(=O)OC(C)(C)C)c(F)cc2C(N)=O)cc1F. The van der Waals surface area contributed by atoms with Gasteiger partial charge < -0.3 is 21.1 Å². The van der Waals surface area contributed by atoms with Gasteiger partial charge in [0.05, 0.1) is 35.6 Å². The molecule has 11 heteroatoms. The van der Waals surface area contributed by atoms with Crippen molar-refractivity contribution in [1.82, 2.24) is 9.97 Å². The Hall–Kier alpha value is -4.15. The van der Waals surface area contributed by atoms with E-state index in [9.17, 15) is 18.4 Å². The van der Waals surface area contributed by atoms with Gasteiger partial charge in [0.25, 0.3) is 5.91 Å². The topological polar surface area (TPSA) is 119 Å². The Morgan fingerprint density at radius 3 is 2.39 bits per heavy atom. The number of carbonyl (C=O) groups is 2. The lowest BCUT2D eigenvalue weighted by molar-refractivity contribution is -0.155. The molecule has 2 heterocycles. The van der Waals surface area contributed by atoms with Crippen molar-refractivity contribution in [3.8, 4) is 0 Å². The van der Waals surface area contributed by atoms with Crippen LogP contribution in [-0.2, 0) is 9.53 Å². The van der Waals surface area contributed by atoms with Gasteiger partial charge in [0, 0.05) is 6.07 Å². The molecule has 0 fully saturated rings. The van der Waals surface area contributed by atoms with Crippen LogP contribution in [-0.4, -0.2) is 27.4 Å². The van der Waals surface area contributed by atoms with Crippen LogP contribution in [0.15, 0.2) is 42.6 Å². The molecular weight excluding hydrogens is 499 g/mol. The van der Waals surface area contributed by atoms with Crippen molar-refractivity contribution >= 4 is 29.2 Å². The molecule has 0 unspecified atom stereocenters. The van der Waals surface area contributed by atoms with Crippen LogP contribution in [0.2, 0.25) is 0 Å². The first-order chi connectivity index (χ1) is 17.7. The van der Waals surface area contributed by atoms with Crippen molar-refractivity contribution in [2.75, 3.05) is 10.6 Å². The van der Waals surface area contributed by atoms with Crippen LogP contribution in [0.4, 0.5) is 30.5 Å². The number of hydrogen-bond donors (Lipinski definition) is 3. The monoisotopic (exact) mass is 529 g/mol. The molecule has 0 saturated carbocycles. The van der Waals surface area contributed by atoms with Crippen molar-refractivity contribution in [3.63, 3.8) is 0 Å². The average Bonchev–Trinajstić information content (AvgIpc) is 2.79. The van der Waals surface area contributed by atoms with E-state index >= 15 is 4.39 Å². The Morgan fingerprint density at radius 1 is 1.08 bits per heavy atom. The van der Waals surface area contributed by atoms with E-state index in [1.807, 2.05) is 0 Å². The molecule has 38 heavy (non-hydrogen) atoms. The zero-order chi connectivity index (χ0) is 28.2. The molecule has 4 N–H and O–H groups in total. The number of hydrogen-bond acceptors (Lipinski definition) is 7. The molecule has 2 atom stereocenters. The molecule has 0 aliphatic carbocycles. The fourth-order valence-corrected chi connectivity index (χ4v) is 3.75. The summed E-state index contributed by atoms with van der Waals surface area (Å²) in [5.74, 6) is -4.44. The van der Waals surface area contributed by atoms with E-state index in [0.29, 0.717) is 5.56 Å². The predicted octanol–water partition coefficient (Wildman–Crippen LogP) is 5.57. The largest absolute Gasteiger partial charge is 0.460 e. The number of nitrogens with two attached hydrogens (primary N) is 1. The molecule has 0 spiro atoms. The number of esters is 1. The molecule has 0 aliphatic heterocycles. The van der Waals surface area contributed by atoms with Crippen molar-refractivity contribution in [3.05, 3.63) is 76.9 Å². The molecule has 0 saturated heterocycles. The van der Waals surface area contributed by atoms with Gasteiger partial charge in [-0.05, 0) is 57.4 Å². The molecule has 2 aromatic heterocycles. The smallest absolute Gasteiger partial charge is 0.306 e. The molecule has 1 amide bonds. The summed E-state index contributed by atoms with van der Waals surface area (Å²) in [6.07, 6.45) is 1.26. The van der Waals surface area contributed by atoms with Gasteiger partial charge in [0.15, 0.2) is 11.6 Å². The van der Waals surface area contributed by atoms with Gasteiger partial charge in [-0.2, -0.15) is 0 Å². The number of nitrogens with one attached hydrogen (secondary N) is 2. The van der Waals surface area contributed by atoms with Gasteiger partial charge in [0.1, 0.15) is 23.1 Å². The van der Waals surface area contributed by atoms with Gasteiger partial charge in [-0.3, -0.25) is 14.6 Å². The van der Waals surface area contributed by atoms with Crippen LogP contribution in [0.5, 0.6) is 0 Å². The third-order valence-electron chi connectivity index (χ3n) is 5.51. The van der Waals surface area contributed by atoms with Crippen LogP contribution in [0.25, 0.3) is 0 Å². The number of primary amides is 1. The maximum atomic E-state index is 15.2. The lowest BCUT2D eigenvalue weighted by atomic mass is 9.91. The number of halogens is 3. The van der Waals surface area contributed by atoms with E-state index in [4.69, 9.17) is 10.5 Å². The Bertz CT molecular complexity index is 1340. The summed E-state index contributed by atoms with van der Waals surface area (Å²) in [6, 6.07) is 6.89. The third-order valence-corrected chi connectivity index (χ3v) is 5.51. The highest BCUT2D eigenvalue weighted by atomic mass is 19.1. The molecule has 3 aromatic rings. The summed E-state index contributed by atoms with van der Waals surface area (Å²) < 4.78 is 48.7. The number of amides is 1. The molecule has 0 aliphatic rings. The van der Waals surface area contributed by atoms with Crippen molar-refractivity contribution in [1.29, 1.82) is 0 Å². The third kappa shape index (κ3) is 7.44. The number of pyridine rings is 2. The Balaban J connectivity index is 2.00. The Kier molecular flexibility index (Phi) is 8.60. The predicted molar refractivity (Wildman–Crippen MR) is 137 cm³/mol. The second-order valence-corrected chi connectivity index (χ2v) is 9.94. The minimum atomic E-state index is -0.967. The maximum Gasteiger partial charge on any atom is 0.306 e. The van der Waals surface area contributed by atoms with E-state index in [-0.39, 0.29) is 35.0 Å². The first-order valence-electron chi connectivity index (χ1n) is 11.9. The number of anilines is 3. The number of carbonyl (C=O) groups excluding carboxylic acids is 2. The summed E-state index contributed by atoms with van der Waals surface area (Å²) in [7, 11) is 0. The quantitative estimate of drug-likeness (QED) is 0.310. The number of ether oxygens (including phenoxy) is 1. The minimum Gasteiger partial charge on any atom is -0.460 e. The van der Waals surface area contributed by atoms with Gasteiger partial charge in [-0.1, -0.05) is 19.1 Å². The molecular formula is C27H30F3N5O3. The molecule has 0 bridgehead atoms.